The minimum absolute atomic E-state index is 0.190. The van der Waals surface area contributed by atoms with Gasteiger partial charge in [0.05, 0.1) is 30.1 Å². The number of aliphatic hydroxyl groups is 1. The van der Waals surface area contributed by atoms with E-state index < -0.39 is 23.6 Å². The smallest absolute Gasteiger partial charge is 0.321 e. The second kappa shape index (κ2) is 15.7. The zero-order valence-electron chi connectivity index (χ0n) is 29.3. The minimum Gasteiger partial charge on any atom is -0.391 e. The predicted molar refractivity (Wildman–Crippen MR) is 194 cm³/mol. The summed E-state index contributed by atoms with van der Waals surface area (Å²) in [5.74, 6) is -0.287. The molecule has 0 bridgehead atoms. The molecule has 1 aliphatic heterocycles. The zero-order chi connectivity index (χ0) is 35.1. The molecule has 9 heteroatoms. The quantitative estimate of drug-likeness (QED) is 0.175. The maximum atomic E-state index is 14.2. The number of urea groups is 1. The van der Waals surface area contributed by atoms with Gasteiger partial charge in [-0.3, -0.25) is 14.8 Å². The molecular weight excluding hydrogens is 612 g/mol. The second-order valence-corrected chi connectivity index (χ2v) is 14.4. The average molecular weight is 663 g/mol. The highest BCUT2D eigenvalue weighted by molar-refractivity contribution is 5.89. The summed E-state index contributed by atoms with van der Waals surface area (Å²) in [6.45, 7) is 11.2. The van der Waals surface area contributed by atoms with Crippen molar-refractivity contribution in [2.45, 2.75) is 84.7 Å². The number of aryl methyl sites for hydroxylation is 2. The summed E-state index contributed by atoms with van der Waals surface area (Å²) in [4.78, 5) is 40.4. The highest BCUT2D eigenvalue weighted by atomic mass is 16.3. The van der Waals surface area contributed by atoms with Gasteiger partial charge in [0.15, 0.2) is 0 Å². The number of nitrogens with two attached hydrogens (primary N) is 1. The molecule has 49 heavy (non-hydrogen) atoms. The molecule has 0 radical (unpaired) electrons. The normalized spacial score (nSPS) is 15.9. The van der Waals surface area contributed by atoms with Crippen LogP contribution in [0.3, 0.4) is 0 Å². The van der Waals surface area contributed by atoms with Crippen molar-refractivity contribution >= 4 is 11.9 Å². The lowest BCUT2D eigenvalue weighted by atomic mass is 9.84. The number of nitrogens with zero attached hydrogens (tertiary/aromatic N) is 4. The summed E-state index contributed by atoms with van der Waals surface area (Å²) in [7, 11) is 0. The van der Waals surface area contributed by atoms with Crippen molar-refractivity contribution in [1.29, 1.82) is 0 Å². The van der Waals surface area contributed by atoms with E-state index in [9.17, 15) is 14.7 Å². The fourth-order valence-electron chi connectivity index (χ4n) is 6.60. The van der Waals surface area contributed by atoms with Gasteiger partial charge in [0.2, 0.25) is 5.91 Å². The van der Waals surface area contributed by atoms with Gasteiger partial charge in [-0.1, -0.05) is 87.5 Å². The Labute approximate surface area is 290 Å². The Balaban J connectivity index is 1.27. The van der Waals surface area contributed by atoms with Gasteiger partial charge >= 0.3 is 6.03 Å². The Hall–Kier alpha value is -4.60. The van der Waals surface area contributed by atoms with E-state index in [0.717, 1.165) is 39.3 Å². The molecule has 0 aliphatic carbocycles. The molecule has 258 valence electrons. The van der Waals surface area contributed by atoms with Gasteiger partial charge in [-0.2, -0.15) is 0 Å². The number of benzene rings is 2. The molecule has 2 aromatic carbocycles. The molecule has 0 spiro atoms. The lowest BCUT2D eigenvalue weighted by Gasteiger charge is -2.38. The van der Waals surface area contributed by atoms with Crippen LogP contribution < -0.4 is 11.1 Å². The first-order valence-corrected chi connectivity index (χ1v) is 17.2. The molecule has 3 heterocycles. The second-order valence-electron chi connectivity index (χ2n) is 14.4. The van der Waals surface area contributed by atoms with Crippen molar-refractivity contribution in [3.8, 4) is 11.3 Å². The monoisotopic (exact) mass is 662 g/mol. The third-order valence-corrected chi connectivity index (χ3v) is 9.10. The number of hydrogen-bond acceptors (Lipinski definition) is 6. The van der Waals surface area contributed by atoms with Crippen LogP contribution in [0.15, 0.2) is 91.1 Å². The van der Waals surface area contributed by atoms with Crippen LogP contribution in [0.5, 0.6) is 0 Å². The zero-order valence-corrected chi connectivity index (χ0v) is 29.3. The third kappa shape index (κ3) is 9.52. The molecule has 1 fully saturated rings. The molecule has 9 nitrogen and oxygen atoms in total. The van der Waals surface area contributed by atoms with E-state index >= 15 is 0 Å². The van der Waals surface area contributed by atoms with E-state index in [1.807, 2.05) is 126 Å². The lowest BCUT2D eigenvalue weighted by molar-refractivity contribution is -0.130. The van der Waals surface area contributed by atoms with Gasteiger partial charge in [0.25, 0.3) is 0 Å². The van der Waals surface area contributed by atoms with Crippen LogP contribution in [-0.4, -0.2) is 74.1 Å². The van der Waals surface area contributed by atoms with Crippen LogP contribution in [0.25, 0.3) is 11.3 Å². The molecule has 1 unspecified atom stereocenters. The van der Waals surface area contributed by atoms with Crippen molar-refractivity contribution in [1.82, 2.24) is 25.1 Å². The van der Waals surface area contributed by atoms with E-state index in [2.05, 4.69) is 15.3 Å². The van der Waals surface area contributed by atoms with Gasteiger partial charge < -0.3 is 26.0 Å². The first-order valence-electron chi connectivity index (χ1n) is 17.2. The predicted octanol–water partition coefficient (Wildman–Crippen LogP) is 5.46. The number of pyridine rings is 2. The summed E-state index contributed by atoms with van der Waals surface area (Å²) in [5, 5.41) is 14.8. The van der Waals surface area contributed by atoms with Crippen LogP contribution in [0.4, 0.5) is 4.79 Å². The summed E-state index contributed by atoms with van der Waals surface area (Å²) in [6.07, 6.45) is 2.24. The van der Waals surface area contributed by atoms with E-state index in [1.165, 1.54) is 0 Å². The Morgan fingerprint density at radius 3 is 2.29 bits per heavy atom. The maximum absolute atomic E-state index is 14.2. The topological polar surface area (TPSA) is 125 Å². The largest absolute Gasteiger partial charge is 0.391 e. The van der Waals surface area contributed by atoms with Gasteiger partial charge in [0, 0.05) is 36.6 Å². The molecule has 2 aromatic heterocycles. The van der Waals surface area contributed by atoms with Crippen molar-refractivity contribution in [3.05, 3.63) is 119 Å². The third-order valence-electron chi connectivity index (χ3n) is 9.10. The standard InChI is InChI=1S/C40H50N6O3/c1-27-14-19-34(42-25-27)31-17-15-30(16-18-31)22-32(41)24-36(47)35(23-29-11-7-6-8-12-29)44-38(48)37(40(3,4)5)46-21-20-45(39(46)49)26-33-13-9-10-28(2)43-33/h6-19,25,32,35-37,47H,20-24,26,41H2,1-5H3,(H,44,48)/t32?,35-,36+,37+/m0/s1. The number of rotatable bonds is 13. The lowest BCUT2D eigenvalue weighted by Crippen LogP contribution is -2.58. The molecule has 4 N–H and O–H groups in total. The van der Waals surface area contributed by atoms with E-state index in [0.29, 0.717) is 38.9 Å². The average Bonchev–Trinajstić information content (AvgIpc) is 3.39. The minimum atomic E-state index is -0.908. The Bertz CT molecular complexity index is 1690. The van der Waals surface area contributed by atoms with Crippen LogP contribution >= 0.6 is 0 Å². The van der Waals surface area contributed by atoms with Crippen LogP contribution in [0.2, 0.25) is 0 Å². The molecule has 1 saturated heterocycles. The fourth-order valence-corrected chi connectivity index (χ4v) is 6.60. The number of aromatic nitrogens is 2. The first kappa shape index (κ1) is 35.7. The molecule has 1 aliphatic rings. The maximum Gasteiger partial charge on any atom is 0.321 e. The Kier molecular flexibility index (Phi) is 11.5. The van der Waals surface area contributed by atoms with E-state index in [4.69, 9.17) is 5.73 Å². The summed E-state index contributed by atoms with van der Waals surface area (Å²) in [6, 6.07) is 25.9. The van der Waals surface area contributed by atoms with Gasteiger partial charge in [-0.05, 0) is 73.4 Å². The van der Waals surface area contributed by atoms with Gasteiger partial charge in [-0.25, -0.2) is 4.79 Å². The van der Waals surface area contributed by atoms with Crippen LogP contribution in [0, 0.1) is 19.3 Å². The molecule has 4 atom stereocenters. The highest BCUT2D eigenvalue weighted by Gasteiger charge is 2.44. The van der Waals surface area contributed by atoms with E-state index in [1.54, 1.807) is 9.80 Å². The number of hydrogen-bond donors (Lipinski definition) is 3. The number of amides is 3. The first-order chi connectivity index (χ1) is 23.4. The number of carbonyl (C=O) groups excluding carboxylic acids is 2. The number of nitrogens with one attached hydrogen (secondary N) is 1. The summed E-state index contributed by atoms with van der Waals surface area (Å²) < 4.78 is 0. The highest BCUT2D eigenvalue weighted by Crippen LogP contribution is 2.29. The summed E-state index contributed by atoms with van der Waals surface area (Å²) in [5.41, 5.74) is 12.9. The molecule has 3 amide bonds. The number of carbonyl (C=O) groups is 2. The van der Waals surface area contributed by atoms with Crippen molar-refractivity contribution in [2.75, 3.05) is 13.1 Å². The Morgan fingerprint density at radius 2 is 1.63 bits per heavy atom. The van der Waals surface area contributed by atoms with Crippen LogP contribution in [0.1, 0.15) is 55.3 Å². The molecule has 4 aromatic rings. The summed E-state index contributed by atoms with van der Waals surface area (Å²) >= 11 is 0. The van der Waals surface area contributed by atoms with Gasteiger partial charge in [-0.15, -0.1) is 0 Å². The van der Waals surface area contributed by atoms with Gasteiger partial charge in [0.1, 0.15) is 6.04 Å². The van der Waals surface area contributed by atoms with Crippen molar-refractivity contribution in [2.24, 2.45) is 11.1 Å². The van der Waals surface area contributed by atoms with Crippen molar-refractivity contribution in [3.63, 3.8) is 0 Å². The van der Waals surface area contributed by atoms with E-state index in [-0.39, 0.29) is 18.0 Å². The van der Waals surface area contributed by atoms with Crippen LogP contribution in [-0.2, 0) is 24.2 Å². The fraction of sp³-hybridized carbons (Fsp3) is 0.400. The number of aliphatic hydroxyl groups excluding tert-OH is 1. The van der Waals surface area contributed by atoms with Crippen molar-refractivity contribution < 1.29 is 14.7 Å². The SMILES string of the molecule is Cc1ccc(-c2ccc(CC(N)C[C@@H](O)[C@H](Cc3ccccc3)NC(=O)[C@@H](N3CCN(Cc4cccc(C)n4)C3=O)C(C)(C)C)cc2)nc1. The molecule has 0 saturated carbocycles. The molecular formula is C40H50N6O3. The Morgan fingerprint density at radius 1 is 0.918 bits per heavy atom. The molecule has 5 rings (SSSR count).